The average Bonchev–Trinajstić information content (AvgIpc) is 2.54. The van der Waals surface area contributed by atoms with Gasteiger partial charge in [0, 0.05) is 13.1 Å². The molecule has 0 aromatic carbocycles. The van der Waals surface area contributed by atoms with Crippen LogP contribution in [0.3, 0.4) is 0 Å². The van der Waals surface area contributed by atoms with Gasteiger partial charge in [-0.3, -0.25) is 9.80 Å². The Labute approximate surface area is 331 Å². The number of hydrogen-bond donors (Lipinski definition) is 1. The third-order valence-corrected chi connectivity index (χ3v) is 3.20. The first kappa shape index (κ1) is 53.3. The number of nitrogens with zero attached hydrogens (tertiary/aromatic N) is 3. The monoisotopic (exact) mass is 555 g/mol. The average molecular weight is 555 g/mol. The molecule has 2 amide bonds. The Morgan fingerprint density at radius 1 is 0.657 bits per heavy atom. The van der Waals surface area contributed by atoms with Crippen molar-refractivity contribution < 1.29 is 242 Å². The zero-order valence-corrected chi connectivity index (χ0v) is 32.2. The number of imide groups is 1. The molecule has 0 aromatic heterocycles. The molecule has 0 saturated heterocycles. The minimum atomic E-state index is -2.91. The molecule has 0 aliphatic carbocycles. The largest absolute Gasteiger partial charge is 1.00 e. The number of carbonyl (C=O) groups excluding carboxylic acids is 5. The van der Waals surface area contributed by atoms with E-state index in [9.17, 15) is 59.4 Å². The van der Waals surface area contributed by atoms with Gasteiger partial charge in [0.15, 0.2) is 0 Å². The second-order valence-corrected chi connectivity index (χ2v) is 5.04. The number of aliphatic carboxylic acids is 4. The van der Waals surface area contributed by atoms with Crippen LogP contribution in [0.4, 0.5) is 9.59 Å². The van der Waals surface area contributed by atoms with Crippen LogP contribution in [0.25, 0.3) is 0 Å². The molecule has 0 aliphatic heterocycles. The van der Waals surface area contributed by atoms with E-state index in [0.717, 1.165) is 0 Å². The first-order valence-electron chi connectivity index (χ1n) is 7.32. The number of aliphatic imine (C=N–C) groups is 1. The number of hydrogen-bond acceptors (Lipinski definition) is 14. The van der Waals surface area contributed by atoms with Gasteiger partial charge in [-0.25, -0.2) is 4.79 Å². The zero-order valence-electron chi connectivity index (χ0n) is 20.2. The fourth-order valence-electron chi connectivity index (χ4n) is 1.98. The van der Waals surface area contributed by atoms with Gasteiger partial charge >= 0.3 is 183 Å². The van der Waals surface area contributed by atoms with E-state index in [4.69, 9.17) is 5.11 Å². The second-order valence-electron chi connectivity index (χ2n) is 5.04. The van der Waals surface area contributed by atoms with Crippen molar-refractivity contribution >= 4 is 42.0 Å². The minimum Gasteiger partial charge on any atom is -0.862 e. The molecule has 0 spiro atoms. The van der Waals surface area contributed by atoms with Gasteiger partial charge in [-0.15, -0.1) is 0 Å². The van der Waals surface area contributed by atoms with E-state index < -0.39 is 80.1 Å². The summed E-state index contributed by atoms with van der Waals surface area (Å²) in [6.45, 7) is -2.66. The van der Waals surface area contributed by atoms with Crippen molar-refractivity contribution in [3.05, 3.63) is 0 Å². The Morgan fingerprint density at radius 2 is 1.00 bits per heavy atom. The van der Waals surface area contributed by atoms with E-state index in [1.165, 1.54) is 0 Å². The van der Waals surface area contributed by atoms with Crippen molar-refractivity contribution in [3.63, 3.8) is 0 Å². The molecule has 0 unspecified atom stereocenters. The predicted octanol–water partition coefficient (Wildman–Crippen LogP) is -27.5. The summed E-state index contributed by atoms with van der Waals surface area (Å²) in [6.07, 6.45) is -4.98. The van der Waals surface area contributed by atoms with Crippen LogP contribution in [0.2, 0.25) is 0 Å². The smallest absolute Gasteiger partial charge is 0.862 e. The zero-order chi connectivity index (χ0) is 22.9. The van der Waals surface area contributed by atoms with Crippen LogP contribution in [0.1, 0.15) is 6.42 Å². The Hall–Kier alpha value is 2.05. The SMILES string of the molecule is O=C([O-])C(C(=O)[O-])N(CCC([O-])=NCCN(C(=O)[O-])C(=O)O)C(C(=O)[O-])C(=O)[O-].[Na+].[Na+].[Na+].[Na+].[Na+].[Na+]. The molecule has 162 valence electrons. The van der Waals surface area contributed by atoms with Crippen molar-refractivity contribution in [2.75, 3.05) is 19.6 Å². The Kier molecular flexibility index (Phi) is 42.1. The van der Waals surface area contributed by atoms with Crippen molar-refractivity contribution in [2.45, 2.75) is 18.5 Å². The van der Waals surface area contributed by atoms with E-state index in [0.29, 0.717) is 0 Å². The van der Waals surface area contributed by atoms with E-state index in [1.807, 2.05) is 0 Å². The molecule has 0 fully saturated rings. The molecule has 0 atom stereocenters. The standard InChI is InChI=1S/C13H17N3O13.6Na/c17-5(14-2-4-16(12(26)27)13(28)29)1-3-15(6(8(18)19)9(20)21)7(10(22)23)11(24)25;;;;;;/h6-7H,1-4H2,(H,14,17)(H,18,19)(H,20,21)(H,22,23)(H,24,25)(H,26,27)(H,28,29);;;;;;/q;6*+1/p-6. The molecule has 0 aliphatic rings. The molecule has 1 N–H and O–H groups in total. The number of carboxylic acid groups (broad SMARTS) is 6. The summed E-state index contributed by atoms with van der Waals surface area (Å²) in [4.78, 5) is 67.5. The van der Waals surface area contributed by atoms with E-state index in [2.05, 4.69) is 4.99 Å². The molecule has 0 saturated carbocycles. The van der Waals surface area contributed by atoms with E-state index in [-0.39, 0.29) is 187 Å². The van der Waals surface area contributed by atoms with Gasteiger partial charge in [-0.2, -0.15) is 0 Å². The molecule has 0 radical (unpaired) electrons. The maximum atomic E-state index is 11.6. The summed E-state index contributed by atoms with van der Waals surface area (Å²) in [5.74, 6) is -11.0. The normalized spacial score (nSPS) is 9.51. The number of amides is 2. The van der Waals surface area contributed by atoms with Gasteiger partial charge in [-0.1, -0.05) is 0 Å². The first-order chi connectivity index (χ1) is 13.3. The van der Waals surface area contributed by atoms with Crippen molar-refractivity contribution in [1.82, 2.24) is 9.80 Å². The third-order valence-electron chi connectivity index (χ3n) is 3.20. The van der Waals surface area contributed by atoms with Crippen molar-refractivity contribution in [2.24, 2.45) is 4.99 Å². The predicted molar refractivity (Wildman–Crippen MR) is 71.4 cm³/mol. The first-order valence-corrected chi connectivity index (χ1v) is 7.32. The molecule has 0 aromatic rings. The summed E-state index contributed by atoms with van der Waals surface area (Å²) in [7, 11) is 0. The van der Waals surface area contributed by atoms with Gasteiger partial charge in [0.25, 0.3) is 0 Å². The number of rotatable bonds is 12. The van der Waals surface area contributed by atoms with Crippen LogP contribution >= 0.6 is 0 Å². The van der Waals surface area contributed by atoms with E-state index in [1.54, 1.807) is 0 Å². The molecular weight excluding hydrogens is 544 g/mol. The minimum absolute atomic E-state index is 0. The molecule has 0 heterocycles. The molecule has 35 heavy (non-hydrogen) atoms. The van der Waals surface area contributed by atoms with Crippen LogP contribution in [0, 0.1) is 0 Å². The fourth-order valence-corrected chi connectivity index (χ4v) is 1.98. The van der Waals surface area contributed by atoms with Gasteiger partial charge in [0.1, 0.15) is 6.09 Å². The van der Waals surface area contributed by atoms with Crippen LogP contribution in [0.15, 0.2) is 4.99 Å². The molecule has 16 nitrogen and oxygen atoms in total. The Morgan fingerprint density at radius 3 is 1.26 bits per heavy atom. The van der Waals surface area contributed by atoms with Crippen molar-refractivity contribution in [1.29, 1.82) is 0 Å². The van der Waals surface area contributed by atoms with Crippen LogP contribution in [-0.4, -0.2) is 88.6 Å². The van der Waals surface area contributed by atoms with Crippen LogP contribution in [-0.2, 0) is 19.2 Å². The third kappa shape index (κ3) is 20.6. The summed E-state index contributed by atoms with van der Waals surface area (Å²) < 4.78 is 0. The summed E-state index contributed by atoms with van der Waals surface area (Å²) in [6, 6.07) is -5.83. The van der Waals surface area contributed by atoms with Crippen LogP contribution in [0.5, 0.6) is 0 Å². The maximum absolute atomic E-state index is 11.6. The molecular formula is C13H11N3Na6O13. The molecule has 0 rings (SSSR count). The fraction of sp³-hybridized carbons (Fsp3) is 0.462. The van der Waals surface area contributed by atoms with Crippen LogP contribution < -0.4 is 208 Å². The molecule has 22 heteroatoms. The van der Waals surface area contributed by atoms with Gasteiger partial charge in [-0.05, 0) is 12.3 Å². The summed E-state index contributed by atoms with van der Waals surface area (Å²) in [5, 5.41) is 74.3. The quantitative estimate of drug-likeness (QED) is 0.101. The summed E-state index contributed by atoms with van der Waals surface area (Å²) >= 11 is 0. The summed E-state index contributed by atoms with van der Waals surface area (Å²) in [5.41, 5.74) is 0. The van der Waals surface area contributed by atoms with Gasteiger partial charge in [0.05, 0.1) is 42.5 Å². The number of carbonyl (C=O) groups is 6. The molecule has 0 bridgehead atoms. The Balaban J connectivity index is -0.000000261. The topological polar surface area (TPSA) is 280 Å². The van der Waals surface area contributed by atoms with Gasteiger partial charge in [0.2, 0.25) is 0 Å². The Bertz CT molecular complexity index is 668. The second kappa shape index (κ2) is 27.6. The van der Waals surface area contributed by atoms with E-state index >= 15 is 0 Å². The maximum Gasteiger partial charge on any atom is 1.00 e. The van der Waals surface area contributed by atoms with Gasteiger partial charge < -0.3 is 64.7 Å². The number of carboxylic acids is 4. The van der Waals surface area contributed by atoms with Crippen molar-refractivity contribution in [3.8, 4) is 0 Å².